The number of nitrogens with zero attached hydrogens (tertiary/aromatic N) is 4. The molecule has 1 aromatic carbocycles. The fourth-order valence-electron chi connectivity index (χ4n) is 3.36. The second kappa shape index (κ2) is 7.25. The highest BCUT2D eigenvalue weighted by Crippen LogP contribution is 2.22. The highest BCUT2D eigenvalue weighted by atomic mass is 16.5. The topological polar surface area (TPSA) is 77.2 Å². The Bertz CT molecular complexity index is 906. The summed E-state index contributed by atoms with van der Waals surface area (Å²) >= 11 is 0. The monoisotopic (exact) mass is 349 g/mol. The lowest BCUT2D eigenvalue weighted by Gasteiger charge is -2.31. The van der Waals surface area contributed by atoms with Crippen LogP contribution in [0.4, 0.5) is 5.82 Å². The zero-order valence-electron chi connectivity index (χ0n) is 14.9. The third-order valence-electron chi connectivity index (χ3n) is 4.82. The van der Waals surface area contributed by atoms with Crippen LogP contribution in [0.25, 0.3) is 10.9 Å². The van der Waals surface area contributed by atoms with E-state index in [0.717, 1.165) is 54.1 Å². The standard InChI is InChI=1S/C20H23N5O/c1-14-5-4-10-22-20(14)26-15-8-11-25(12-9-15)13-18-23-17-7-3-2-6-16(17)19(21)24-18/h2-7,10,15H,8-9,11-13H2,1H3,(H2,21,23,24). The van der Waals surface area contributed by atoms with Gasteiger partial charge >= 0.3 is 0 Å². The molecule has 2 N–H and O–H groups in total. The molecule has 0 unspecified atom stereocenters. The van der Waals surface area contributed by atoms with Crippen LogP contribution in [0.5, 0.6) is 5.88 Å². The van der Waals surface area contributed by atoms with Crippen LogP contribution in [0.15, 0.2) is 42.6 Å². The van der Waals surface area contributed by atoms with E-state index in [1.165, 1.54) is 0 Å². The van der Waals surface area contributed by atoms with Crippen LogP contribution < -0.4 is 10.5 Å². The van der Waals surface area contributed by atoms with Crippen LogP contribution in [0.2, 0.25) is 0 Å². The van der Waals surface area contributed by atoms with Gasteiger partial charge in [0.05, 0.1) is 12.1 Å². The van der Waals surface area contributed by atoms with E-state index in [4.69, 9.17) is 10.5 Å². The van der Waals surface area contributed by atoms with E-state index in [9.17, 15) is 0 Å². The highest BCUT2D eigenvalue weighted by Gasteiger charge is 2.22. The molecule has 1 aliphatic rings. The van der Waals surface area contributed by atoms with Crippen molar-refractivity contribution in [3.63, 3.8) is 0 Å². The van der Waals surface area contributed by atoms with Gasteiger partial charge in [0, 0.05) is 30.2 Å². The fraction of sp³-hybridized carbons (Fsp3) is 0.350. The van der Waals surface area contributed by atoms with Crippen LogP contribution in [0, 0.1) is 6.92 Å². The molecule has 0 saturated carbocycles. The quantitative estimate of drug-likeness (QED) is 0.780. The molecular weight excluding hydrogens is 326 g/mol. The highest BCUT2D eigenvalue weighted by molar-refractivity contribution is 5.87. The minimum absolute atomic E-state index is 0.211. The predicted molar refractivity (Wildman–Crippen MR) is 102 cm³/mol. The minimum atomic E-state index is 0.211. The fourth-order valence-corrected chi connectivity index (χ4v) is 3.36. The lowest BCUT2D eigenvalue weighted by atomic mass is 10.1. The number of pyridine rings is 1. The molecule has 3 aromatic rings. The second-order valence-electron chi connectivity index (χ2n) is 6.76. The first-order valence-electron chi connectivity index (χ1n) is 9.01. The van der Waals surface area contributed by atoms with E-state index in [2.05, 4.69) is 19.9 Å². The summed E-state index contributed by atoms with van der Waals surface area (Å²) in [6, 6.07) is 11.8. The number of likely N-dealkylation sites (tertiary alicyclic amines) is 1. The van der Waals surface area contributed by atoms with Gasteiger partial charge in [-0.1, -0.05) is 18.2 Å². The molecule has 0 atom stereocenters. The van der Waals surface area contributed by atoms with E-state index in [-0.39, 0.29) is 6.10 Å². The van der Waals surface area contributed by atoms with Crippen molar-refractivity contribution in [2.24, 2.45) is 0 Å². The van der Waals surface area contributed by atoms with Crippen molar-refractivity contribution < 1.29 is 4.74 Å². The number of ether oxygens (including phenoxy) is 1. The first kappa shape index (κ1) is 16.7. The second-order valence-corrected chi connectivity index (χ2v) is 6.76. The van der Waals surface area contributed by atoms with Crippen LogP contribution >= 0.6 is 0 Å². The smallest absolute Gasteiger partial charge is 0.216 e. The van der Waals surface area contributed by atoms with Crippen molar-refractivity contribution in [3.05, 3.63) is 54.0 Å². The Labute approximate surface area is 153 Å². The number of hydrogen-bond donors (Lipinski definition) is 1. The van der Waals surface area contributed by atoms with Crippen molar-refractivity contribution in [2.75, 3.05) is 18.8 Å². The van der Waals surface area contributed by atoms with Crippen molar-refractivity contribution >= 4 is 16.7 Å². The summed E-state index contributed by atoms with van der Waals surface area (Å²) in [5.41, 5.74) is 8.07. The SMILES string of the molecule is Cc1cccnc1OC1CCN(Cc2nc(N)c3ccccc3n2)CC1. The van der Waals surface area contributed by atoms with Gasteiger partial charge in [-0.25, -0.2) is 15.0 Å². The molecule has 4 rings (SSSR count). The molecule has 0 amide bonds. The minimum Gasteiger partial charge on any atom is -0.474 e. The van der Waals surface area contributed by atoms with Gasteiger partial charge in [-0.15, -0.1) is 0 Å². The first-order valence-corrected chi connectivity index (χ1v) is 9.01. The zero-order chi connectivity index (χ0) is 17.9. The largest absolute Gasteiger partial charge is 0.474 e. The summed E-state index contributed by atoms with van der Waals surface area (Å²) in [7, 11) is 0. The van der Waals surface area contributed by atoms with Gasteiger partial charge in [0.25, 0.3) is 0 Å². The number of anilines is 1. The van der Waals surface area contributed by atoms with Crippen LogP contribution in [0.3, 0.4) is 0 Å². The van der Waals surface area contributed by atoms with E-state index < -0.39 is 0 Å². The molecule has 0 aliphatic carbocycles. The van der Waals surface area contributed by atoms with Crippen molar-refractivity contribution in [2.45, 2.75) is 32.4 Å². The van der Waals surface area contributed by atoms with E-state index in [1.54, 1.807) is 6.20 Å². The Morgan fingerprint density at radius 2 is 1.92 bits per heavy atom. The summed E-state index contributed by atoms with van der Waals surface area (Å²) in [6.07, 6.45) is 3.93. The Morgan fingerprint density at radius 3 is 2.73 bits per heavy atom. The van der Waals surface area contributed by atoms with Gasteiger partial charge in [0.2, 0.25) is 5.88 Å². The average molecular weight is 349 g/mol. The number of rotatable bonds is 4. The van der Waals surface area contributed by atoms with Crippen LogP contribution in [-0.2, 0) is 6.54 Å². The van der Waals surface area contributed by atoms with Gasteiger partial charge in [-0.3, -0.25) is 4.90 Å². The maximum absolute atomic E-state index is 6.09. The molecule has 6 nitrogen and oxygen atoms in total. The number of hydrogen-bond acceptors (Lipinski definition) is 6. The molecule has 0 bridgehead atoms. The number of aryl methyl sites for hydroxylation is 1. The van der Waals surface area contributed by atoms with Gasteiger partial charge in [0.15, 0.2) is 0 Å². The van der Waals surface area contributed by atoms with Crippen molar-refractivity contribution in [1.29, 1.82) is 0 Å². The molecule has 1 saturated heterocycles. The van der Waals surface area contributed by atoms with Crippen LogP contribution in [-0.4, -0.2) is 39.0 Å². The number of fused-ring (bicyclic) bond motifs is 1. The number of nitrogens with two attached hydrogens (primary N) is 1. The molecule has 1 fully saturated rings. The van der Waals surface area contributed by atoms with Crippen molar-refractivity contribution in [1.82, 2.24) is 19.9 Å². The predicted octanol–water partition coefficient (Wildman–Crippen LogP) is 2.96. The summed E-state index contributed by atoms with van der Waals surface area (Å²) in [6.45, 7) is 4.64. The van der Waals surface area contributed by atoms with Gasteiger partial charge in [-0.2, -0.15) is 0 Å². The Kier molecular flexibility index (Phi) is 4.67. The third kappa shape index (κ3) is 3.60. The summed E-state index contributed by atoms with van der Waals surface area (Å²) in [5, 5.41) is 0.911. The molecule has 26 heavy (non-hydrogen) atoms. The molecule has 1 aliphatic heterocycles. The number of piperidine rings is 1. The van der Waals surface area contributed by atoms with Gasteiger partial charge in [0.1, 0.15) is 17.7 Å². The zero-order valence-corrected chi connectivity index (χ0v) is 14.9. The lowest BCUT2D eigenvalue weighted by Crippen LogP contribution is -2.38. The van der Waals surface area contributed by atoms with E-state index in [0.29, 0.717) is 12.4 Å². The summed E-state index contributed by atoms with van der Waals surface area (Å²) in [5.74, 6) is 2.08. The van der Waals surface area contributed by atoms with E-state index >= 15 is 0 Å². The maximum atomic E-state index is 6.09. The van der Waals surface area contributed by atoms with Gasteiger partial charge < -0.3 is 10.5 Å². The number of benzene rings is 1. The first-order chi connectivity index (χ1) is 12.7. The molecule has 2 aromatic heterocycles. The molecule has 0 spiro atoms. The Balaban J connectivity index is 1.37. The van der Waals surface area contributed by atoms with Crippen molar-refractivity contribution in [3.8, 4) is 5.88 Å². The average Bonchev–Trinajstić information content (AvgIpc) is 2.65. The maximum Gasteiger partial charge on any atom is 0.216 e. The lowest BCUT2D eigenvalue weighted by molar-refractivity contribution is 0.0913. The molecule has 134 valence electrons. The summed E-state index contributed by atoms with van der Waals surface area (Å²) < 4.78 is 6.07. The number of nitrogen functional groups attached to an aromatic ring is 1. The Morgan fingerprint density at radius 1 is 1.12 bits per heavy atom. The van der Waals surface area contributed by atoms with Crippen LogP contribution in [0.1, 0.15) is 24.2 Å². The van der Waals surface area contributed by atoms with Gasteiger partial charge in [-0.05, 0) is 38.0 Å². The number of aromatic nitrogens is 3. The summed E-state index contributed by atoms with van der Waals surface area (Å²) in [4.78, 5) is 15.8. The molecule has 3 heterocycles. The van der Waals surface area contributed by atoms with E-state index in [1.807, 2.05) is 43.3 Å². The molecule has 0 radical (unpaired) electrons. The molecule has 6 heteroatoms. The number of para-hydroxylation sites is 1. The molecular formula is C20H23N5O. The third-order valence-corrected chi connectivity index (χ3v) is 4.82. The normalized spacial score (nSPS) is 16.0. The Hall–Kier alpha value is -2.73.